The number of rotatable bonds is 2. The number of hydrogen-bond donors (Lipinski definition) is 0. The summed E-state index contributed by atoms with van der Waals surface area (Å²) in [5.41, 5.74) is 0.0868. The summed E-state index contributed by atoms with van der Waals surface area (Å²) in [7, 11) is 0. The third kappa shape index (κ3) is 1.18. The van der Waals surface area contributed by atoms with E-state index >= 15 is 0 Å². The molecule has 1 heterocycles. The zero-order valence-electron chi connectivity index (χ0n) is 8.17. The summed E-state index contributed by atoms with van der Waals surface area (Å²) in [4.78, 5) is 0. The Morgan fingerprint density at radius 2 is 1.77 bits per heavy atom. The van der Waals surface area contributed by atoms with Crippen molar-refractivity contribution in [1.82, 2.24) is 0 Å². The second-order valence-electron chi connectivity index (χ2n) is 4.17. The van der Waals surface area contributed by atoms with Gasteiger partial charge in [0.15, 0.2) is 0 Å². The molecule has 0 aromatic rings. The molecule has 1 spiro atoms. The minimum absolute atomic E-state index is 0.0868. The van der Waals surface area contributed by atoms with E-state index in [-0.39, 0.29) is 5.60 Å². The fraction of sp³-hybridized carbons (Fsp3) is 0.667. The first-order valence-electron chi connectivity index (χ1n) is 5.22. The van der Waals surface area contributed by atoms with E-state index in [1.165, 1.54) is 25.7 Å². The Morgan fingerprint density at radius 1 is 1.15 bits per heavy atom. The quantitative estimate of drug-likeness (QED) is 0.591. The fourth-order valence-electron chi connectivity index (χ4n) is 3.03. The van der Waals surface area contributed by atoms with Gasteiger partial charge < -0.3 is 4.74 Å². The maximum absolute atomic E-state index is 5.97. The van der Waals surface area contributed by atoms with Crippen LogP contribution in [0.25, 0.3) is 0 Å². The van der Waals surface area contributed by atoms with E-state index in [1.807, 2.05) is 0 Å². The van der Waals surface area contributed by atoms with Crippen molar-refractivity contribution >= 4 is 0 Å². The highest BCUT2D eigenvalue weighted by Crippen LogP contribution is 2.50. The van der Waals surface area contributed by atoms with Gasteiger partial charge in [-0.15, -0.1) is 13.2 Å². The summed E-state index contributed by atoms with van der Waals surface area (Å²) in [5.74, 6) is 1.11. The molecule has 0 amide bonds. The molecule has 1 nitrogen and oxygen atoms in total. The Bertz CT molecular complexity index is 195. The SMILES string of the molecule is C=C[C@@H]1CC[C@@H](C=C)C12CCCO2. The summed E-state index contributed by atoms with van der Waals surface area (Å²) in [5, 5.41) is 0. The first-order chi connectivity index (χ1) is 6.33. The number of ether oxygens (including phenoxy) is 1. The lowest BCUT2D eigenvalue weighted by Gasteiger charge is -2.33. The normalized spacial score (nSPS) is 36.6. The van der Waals surface area contributed by atoms with Gasteiger partial charge in [0.2, 0.25) is 0 Å². The molecule has 1 heteroatoms. The van der Waals surface area contributed by atoms with E-state index in [1.54, 1.807) is 0 Å². The molecule has 1 saturated heterocycles. The molecule has 2 fully saturated rings. The molecule has 2 aliphatic rings. The highest BCUT2D eigenvalue weighted by molar-refractivity contribution is 5.12. The molecule has 2 rings (SSSR count). The van der Waals surface area contributed by atoms with E-state index in [0.717, 1.165) is 6.61 Å². The minimum atomic E-state index is 0.0868. The van der Waals surface area contributed by atoms with Gasteiger partial charge in [-0.1, -0.05) is 12.2 Å². The first-order valence-corrected chi connectivity index (χ1v) is 5.22. The lowest BCUT2D eigenvalue weighted by Crippen LogP contribution is -2.37. The largest absolute Gasteiger partial charge is 0.374 e. The minimum Gasteiger partial charge on any atom is -0.374 e. The highest BCUT2D eigenvalue weighted by atomic mass is 16.5. The van der Waals surface area contributed by atoms with Crippen molar-refractivity contribution in [1.29, 1.82) is 0 Å². The molecule has 1 aliphatic carbocycles. The monoisotopic (exact) mass is 178 g/mol. The van der Waals surface area contributed by atoms with E-state index in [9.17, 15) is 0 Å². The van der Waals surface area contributed by atoms with Crippen LogP contribution in [0.4, 0.5) is 0 Å². The lowest BCUT2D eigenvalue weighted by atomic mass is 9.82. The zero-order valence-corrected chi connectivity index (χ0v) is 8.17. The average molecular weight is 178 g/mol. The van der Waals surface area contributed by atoms with Crippen LogP contribution in [0.15, 0.2) is 25.3 Å². The van der Waals surface area contributed by atoms with Gasteiger partial charge in [0.05, 0.1) is 5.60 Å². The van der Waals surface area contributed by atoms with Crippen molar-refractivity contribution in [3.05, 3.63) is 25.3 Å². The van der Waals surface area contributed by atoms with Gasteiger partial charge in [-0.25, -0.2) is 0 Å². The molecule has 0 aromatic carbocycles. The summed E-state index contributed by atoms with van der Waals surface area (Å²) in [6.07, 6.45) is 9.00. The van der Waals surface area contributed by atoms with Crippen LogP contribution in [-0.4, -0.2) is 12.2 Å². The Morgan fingerprint density at radius 3 is 2.15 bits per heavy atom. The lowest BCUT2D eigenvalue weighted by molar-refractivity contribution is -0.0345. The van der Waals surface area contributed by atoms with Crippen molar-refractivity contribution in [2.24, 2.45) is 11.8 Å². The van der Waals surface area contributed by atoms with Crippen LogP contribution in [0.2, 0.25) is 0 Å². The molecular formula is C12H18O. The number of hydrogen-bond acceptors (Lipinski definition) is 1. The van der Waals surface area contributed by atoms with Gasteiger partial charge in [0.25, 0.3) is 0 Å². The first kappa shape index (κ1) is 9.01. The van der Waals surface area contributed by atoms with E-state index in [2.05, 4.69) is 25.3 Å². The molecule has 13 heavy (non-hydrogen) atoms. The van der Waals surface area contributed by atoms with E-state index < -0.39 is 0 Å². The van der Waals surface area contributed by atoms with Gasteiger partial charge in [-0.3, -0.25) is 0 Å². The third-order valence-corrected chi connectivity index (χ3v) is 3.70. The van der Waals surface area contributed by atoms with Gasteiger partial charge >= 0.3 is 0 Å². The molecule has 2 atom stereocenters. The van der Waals surface area contributed by atoms with Crippen molar-refractivity contribution < 1.29 is 4.74 Å². The van der Waals surface area contributed by atoms with Crippen molar-refractivity contribution in [2.45, 2.75) is 31.3 Å². The van der Waals surface area contributed by atoms with Crippen LogP contribution in [0, 0.1) is 11.8 Å². The molecule has 72 valence electrons. The highest BCUT2D eigenvalue weighted by Gasteiger charge is 2.50. The Hall–Kier alpha value is -0.560. The predicted molar refractivity (Wildman–Crippen MR) is 54.5 cm³/mol. The van der Waals surface area contributed by atoms with E-state index in [0.29, 0.717) is 11.8 Å². The maximum atomic E-state index is 5.97. The zero-order chi connectivity index (χ0) is 9.31. The Balaban J connectivity index is 2.26. The second kappa shape index (κ2) is 3.30. The smallest absolute Gasteiger partial charge is 0.0807 e. The van der Waals surface area contributed by atoms with Crippen LogP contribution in [0.5, 0.6) is 0 Å². The Labute approximate surface area is 80.5 Å². The maximum Gasteiger partial charge on any atom is 0.0807 e. The molecular weight excluding hydrogens is 160 g/mol. The average Bonchev–Trinajstić information content (AvgIpc) is 2.75. The van der Waals surface area contributed by atoms with Gasteiger partial charge in [0, 0.05) is 18.4 Å². The second-order valence-corrected chi connectivity index (χ2v) is 4.17. The molecule has 1 saturated carbocycles. The van der Waals surface area contributed by atoms with Gasteiger partial charge in [-0.2, -0.15) is 0 Å². The third-order valence-electron chi connectivity index (χ3n) is 3.70. The molecule has 0 radical (unpaired) electrons. The fourth-order valence-corrected chi connectivity index (χ4v) is 3.03. The van der Waals surface area contributed by atoms with Crippen LogP contribution < -0.4 is 0 Å². The summed E-state index contributed by atoms with van der Waals surface area (Å²) >= 11 is 0. The standard InChI is InChI=1S/C12H18O/c1-3-10-6-7-11(4-2)12(10)8-5-9-13-12/h3-4,10-11H,1-2,5-9H2/t10-,11-/m1/s1. The van der Waals surface area contributed by atoms with Crippen molar-refractivity contribution in [3.8, 4) is 0 Å². The molecule has 0 N–H and O–H groups in total. The molecule has 0 aromatic heterocycles. The van der Waals surface area contributed by atoms with Crippen LogP contribution in [0.1, 0.15) is 25.7 Å². The van der Waals surface area contributed by atoms with Crippen LogP contribution in [-0.2, 0) is 4.74 Å². The van der Waals surface area contributed by atoms with Crippen LogP contribution in [0.3, 0.4) is 0 Å². The van der Waals surface area contributed by atoms with Gasteiger partial charge in [-0.05, 0) is 25.7 Å². The topological polar surface area (TPSA) is 9.23 Å². The molecule has 0 bridgehead atoms. The van der Waals surface area contributed by atoms with Crippen molar-refractivity contribution in [2.75, 3.05) is 6.61 Å². The van der Waals surface area contributed by atoms with E-state index in [4.69, 9.17) is 4.74 Å². The Kier molecular flexibility index (Phi) is 2.29. The summed E-state index contributed by atoms with van der Waals surface area (Å²) in [6.45, 7) is 8.76. The molecule has 1 aliphatic heterocycles. The molecule has 0 unspecified atom stereocenters. The van der Waals surface area contributed by atoms with Crippen molar-refractivity contribution in [3.63, 3.8) is 0 Å². The summed E-state index contributed by atoms with van der Waals surface area (Å²) in [6, 6.07) is 0. The predicted octanol–water partition coefficient (Wildman–Crippen LogP) is 2.93. The van der Waals surface area contributed by atoms with Gasteiger partial charge in [0.1, 0.15) is 0 Å². The summed E-state index contributed by atoms with van der Waals surface area (Å²) < 4.78 is 5.97. The van der Waals surface area contributed by atoms with Crippen LogP contribution >= 0.6 is 0 Å².